The van der Waals surface area contributed by atoms with E-state index in [9.17, 15) is 4.21 Å². The smallest absolute Gasteiger partial charge is 0.121 e. The molecule has 0 bridgehead atoms. The Morgan fingerprint density at radius 2 is 2.17 bits per heavy atom. The minimum absolute atomic E-state index is 0.385. The van der Waals surface area contributed by atoms with Crippen LogP contribution in [0.2, 0.25) is 0 Å². The third-order valence-corrected chi connectivity index (χ3v) is 3.76. The van der Waals surface area contributed by atoms with Gasteiger partial charge in [-0.2, -0.15) is 0 Å². The number of aryl methyl sites for hydroxylation is 1. The van der Waals surface area contributed by atoms with E-state index in [2.05, 4.69) is 24.4 Å². The maximum atomic E-state index is 11.0. The lowest BCUT2D eigenvalue weighted by Gasteiger charge is -2.14. The molecule has 0 saturated carbocycles. The first kappa shape index (κ1) is 15.2. The molecule has 0 heterocycles. The lowest BCUT2D eigenvalue weighted by molar-refractivity contribution is 0.411. The van der Waals surface area contributed by atoms with Crippen LogP contribution in [0.4, 0.5) is 0 Å². The van der Waals surface area contributed by atoms with Gasteiger partial charge in [0.1, 0.15) is 5.75 Å². The van der Waals surface area contributed by atoms with Gasteiger partial charge in [-0.25, -0.2) is 0 Å². The molecule has 0 aliphatic carbocycles. The molecule has 1 aromatic carbocycles. The third kappa shape index (κ3) is 5.19. The van der Waals surface area contributed by atoms with Crippen LogP contribution < -0.4 is 10.1 Å². The number of hydrogen-bond donors (Lipinski definition) is 1. The highest BCUT2D eigenvalue weighted by molar-refractivity contribution is 7.84. The molecule has 0 radical (unpaired) electrons. The van der Waals surface area contributed by atoms with Crippen LogP contribution >= 0.6 is 0 Å². The summed E-state index contributed by atoms with van der Waals surface area (Å²) in [5.41, 5.74) is 2.40. The van der Waals surface area contributed by atoms with Gasteiger partial charge in [0.25, 0.3) is 0 Å². The zero-order valence-electron chi connectivity index (χ0n) is 11.7. The lowest BCUT2D eigenvalue weighted by Crippen LogP contribution is -2.27. The summed E-state index contributed by atoms with van der Waals surface area (Å²) in [6, 6.07) is 6.59. The Morgan fingerprint density at radius 1 is 1.44 bits per heavy atom. The summed E-state index contributed by atoms with van der Waals surface area (Å²) >= 11 is 0. The minimum Gasteiger partial charge on any atom is -0.496 e. The van der Waals surface area contributed by atoms with Crippen LogP contribution in [0.3, 0.4) is 0 Å². The van der Waals surface area contributed by atoms with Crippen molar-refractivity contribution in [2.75, 3.05) is 19.1 Å². The van der Waals surface area contributed by atoms with Crippen LogP contribution in [-0.4, -0.2) is 29.4 Å². The average molecular weight is 269 g/mol. The Morgan fingerprint density at radius 3 is 2.72 bits per heavy atom. The maximum Gasteiger partial charge on any atom is 0.121 e. The Labute approximate surface area is 112 Å². The van der Waals surface area contributed by atoms with Crippen molar-refractivity contribution in [1.29, 1.82) is 0 Å². The predicted molar refractivity (Wildman–Crippen MR) is 77.6 cm³/mol. The molecule has 0 aromatic heterocycles. The van der Waals surface area contributed by atoms with E-state index in [0.29, 0.717) is 6.04 Å². The summed E-state index contributed by atoms with van der Waals surface area (Å²) in [5, 5.41) is 3.44. The Kier molecular flexibility index (Phi) is 6.36. The summed E-state index contributed by atoms with van der Waals surface area (Å²) < 4.78 is 16.2. The molecule has 102 valence electrons. The first-order valence-electron chi connectivity index (χ1n) is 6.20. The van der Waals surface area contributed by atoms with E-state index in [1.54, 1.807) is 13.4 Å². The van der Waals surface area contributed by atoms with Gasteiger partial charge in [-0.1, -0.05) is 12.1 Å². The molecule has 2 unspecified atom stereocenters. The van der Waals surface area contributed by atoms with Crippen molar-refractivity contribution in [3.63, 3.8) is 0 Å². The van der Waals surface area contributed by atoms with Crippen LogP contribution in [0.1, 0.15) is 24.5 Å². The van der Waals surface area contributed by atoms with Gasteiger partial charge in [0.2, 0.25) is 0 Å². The monoisotopic (exact) mass is 269 g/mol. The molecule has 0 saturated heterocycles. The summed E-state index contributed by atoms with van der Waals surface area (Å²) in [7, 11) is 0.989. The minimum atomic E-state index is -0.699. The highest BCUT2D eigenvalue weighted by Gasteiger charge is 2.04. The Balaban J connectivity index is 2.43. The van der Waals surface area contributed by atoms with Gasteiger partial charge in [-0.15, -0.1) is 0 Å². The van der Waals surface area contributed by atoms with Gasteiger partial charge in [-0.05, 0) is 37.5 Å². The van der Waals surface area contributed by atoms with Gasteiger partial charge >= 0.3 is 0 Å². The average Bonchev–Trinajstić information content (AvgIpc) is 2.34. The molecule has 3 nitrogen and oxygen atoms in total. The topological polar surface area (TPSA) is 38.3 Å². The first-order valence-corrected chi connectivity index (χ1v) is 7.92. The summed E-state index contributed by atoms with van der Waals surface area (Å²) in [6.45, 7) is 5.01. The van der Waals surface area contributed by atoms with E-state index < -0.39 is 10.8 Å². The van der Waals surface area contributed by atoms with Crippen molar-refractivity contribution in [3.05, 3.63) is 29.3 Å². The van der Waals surface area contributed by atoms with Gasteiger partial charge in [0.15, 0.2) is 0 Å². The fourth-order valence-electron chi connectivity index (χ4n) is 1.79. The molecule has 2 atom stereocenters. The lowest BCUT2D eigenvalue weighted by atomic mass is 10.1. The third-order valence-electron chi connectivity index (χ3n) is 2.95. The molecule has 0 fully saturated rings. The van der Waals surface area contributed by atoms with Crippen molar-refractivity contribution in [3.8, 4) is 5.75 Å². The first-order chi connectivity index (χ1) is 8.52. The second kappa shape index (κ2) is 7.54. The van der Waals surface area contributed by atoms with Crippen LogP contribution in [0, 0.1) is 6.92 Å². The maximum absolute atomic E-state index is 11.0. The highest BCUT2D eigenvalue weighted by Crippen LogP contribution is 2.18. The van der Waals surface area contributed by atoms with E-state index in [0.717, 1.165) is 30.0 Å². The molecule has 1 aromatic rings. The van der Waals surface area contributed by atoms with Gasteiger partial charge in [-0.3, -0.25) is 4.21 Å². The number of ether oxygens (including phenoxy) is 1. The standard InChI is InChI=1S/C14H23NO2S/c1-11-9-13(5-6-14(11)17-3)10-15-12(2)7-8-18(4)16/h5-6,9,12,15H,7-8,10H2,1-4H3. The predicted octanol–water partition coefficient (Wildman–Crippen LogP) is 2.25. The van der Waals surface area contributed by atoms with Crippen LogP contribution in [-0.2, 0) is 17.3 Å². The summed E-state index contributed by atoms with van der Waals surface area (Å²) in [6.07, 6.45) is 2.69. The molecule has 18 heavy (non-hydrogen) atoms. The zero-order valence-corrected chi connectivity index (χ0v) is 12.5. The number of rotatable bonds is 7. The number of nitrogens with one attached hydrogen (secondary N) is 1. The molecule has 1 N–H and O–H groups in total. The fraction of sp³-hybridized carbons (Fsp3) is 0.571. The molecular weight excluding hydrogens is 246 g/mol. The number of hydrogen-bond acceptors (Lipinski definition) is 3. The number of methoxy groups -OCH3 is 1. The van der Waals surface area contributed by atoms with E-state index in [-0.39, 0.29) is 0 Å². The molecular formula is C14H23NO2S. The molecule has 0 aliphatic heterocycles. The molecule has 0 amide bonds. The summed E-state index contributed by atoms with van der Waals surface area (Å²) in [5.74, 6) is 1.68. The molecule has 1 rings (SSSR count). The quantitative estimate of drug-likeness (QED) is 0.825. The largest absolute Gasteiger partial charge is 0.496 e. The second-order valence-electron chi connectivity index (χ2n) is 4.65. The fourth-order valence-corrected chi connectivity index (χ4v) is 2.47. The van der Waals surface area contributed by atoms with E-state index in [1.165, 1.54) is 5.56 Å². The van der Waals surface area contributed by atoms with E-state index in [1.807, 2.05) is 13.0 Å². The summed E-state index contributed by atoms with van der Waals surface area (Å²) in [4.78, 5) is 0. The van der Waals surface area contributed by atoms with Crippen molar-refractivity contribution in [1.82, 2.24) is 5.32 Å². The van der Waals surface area contributed by atoms with E-state index in [4.69, 9.17) is 4.74 Å². The van der Waals surface area contributed by atoms with Crippen molar-refractivity contribution < 1.29 is 8.95 Å². The van der Waals surface area contributed by atoms with Crippen molar-refractivity contribution in [2.45, 2.75) is 32.9 Å². The van der Waals surface area contributed by atoms with Crippen LogP contribution in [0.15, 0.2) is 18.2 Å². The highest BCUT2D eigenvalue weighted by atomic mass is 32.2. The zero-order chi connectivity index (χ0) is 13.5. The molecule has 0 spiro atoms. The molecule has 0 aliphatic rings. The van der Waals surface area contributed by atoms with Crippen LogP contribution in [0.25, 0.3) is 0 Å². The van der Waals surface area contributed by atoms with Crippen molar-refractivity contribution >= 4 is 10.8 Å². The Bertz CT molecular complexity index is 407. The SMILES string of the molecule is COc1ccc(CNC(C)CCS(C)=O)cc1C. The van der Waals surface area contributed by atoms with Gasteiger partial charge < -0.3 is 10.1 Å². The van der Waals surface area contributed by atoms with Crippen molar-refractivity contribution in [2.24, 2.45) is 0 Å². The van der Waals surface area contributed by atoms with Gasteiger partial charge in [0, 0.05) is 35.4 Å². The number of benzene rings is 1. The molecule has 4 heteroatoms. The van der Waals surface area contributed by atoms with E-state index >= 15 is 0 Å². The second-order valence-corrected chi connectivity index (χ2v) is 6.21. The normalized spacial score (nSPS) is 14.2. The Hall–Kier alpha value is -0.870. The van der Waals surface area contributed by atoms with Crippen LogP contribution in [0.5, 0.6) is 5.75 Å². The van der Waals surface area contributed by atoms with Gasteiger partial charge in [0.05, 0.1) is 7.11 Å².